The van der Waals surface area contributed by atoms with Gasteiger partial charge in [-0.05, 0) is 68.6 Å². The molecule has 0 bridgehead atoms. The lowest BCUT2D eigenvalue weighted by atomic mass is 10.2. The highest BCUT2D eigenvalue weighted by atomic mass is 79.9. The van der Waals surface area contributed by atoms with Gasteiger partial charge in [0, 0.05) is 14.6 Å². The van der Waals surface area contributed by atoms with Crippen LogP contribution in [0.5, 0.6) is 0 Å². The Morgan fingerprint density at radius 2 is 1.81 bits per heavy atom. The Labute approximate surface area is 138 Å². The van der Waals surface area contributed by atoms with E-state index >= 15 is 0 Å². The van der Waals surface area contributed by atoms with Crippen LogP contribution in [0.25, 0.3) is 0 Å². The fourth-order valence-corrected chi connectivity index (χ4v) is 3.63. The molecule has 0 spiro atoms. The van der Waals surface area contributed by atoms with Crippen LogP contribution in [0.2, 0.25) is 0 Å². The van der Waals surface area contributed by atoms with Gasteiger partial charge in [-0.3, -0.25) is 4.72 Å². The van der Waals surface area contributed by atoms with Gasteiger partial charge < -0.3 is 5.73 Å². The maximum absolute atomic E-state index is 13.9. The maximum atomic E-state index is 13.9. The molecule has 0 amide bonds. The van der Waals surface area contributed by atoms with Crippen molar-refractivity contribution in [1.82, 2.24) is 0 Å². The van der Waals surface area contributed by atoms with Crippen molar-refractivity contribution in [2.75, 3.05) is 10.5 Å². The molecule has 0 atom stereocenters. The molecule has 21 heavy (non-hydrogen) atoms. The van der Waals surface area contributed by atoms with Gasteiger partial charge >= 0.3 is 0 Å². The highest BCUT2D eigenvalue weighted by molar-refractivity contribution is 9.11. The molecular weight excluding hydrogens is 427 g/mol. The van der Waals surface area contributed by atoms with Crippen LogP contribution in [0.4, 0.5) is 15.8 Å². The summed E-state index contributed by atoms with van der Waals surface area (Å²) in [6.45, 7) is 1.82. The minimum Gasteiger partial charge on any atom is -0.398 e. The number of sulfonamides is 1. The molecule has 0 aliphatic carbocycles. The third kappa shape index (κ3) is 3.56. The Bertz CT molecular complexity index is 810. The van der Waals surface area contributed by atoms with Crippen molar-refractivity contribution in [3.05, 3.63) is 50.7 Å². The van der Waals surface area contributed by atoms with Crippen molar-refractivity contribution in [2.24, 2.45) is 0 Å². The topological polar surface area (TPSA) is 72.2 Å². The molecule has 0 heterocycles. The summed E-state index contributed by atoms with van der Waals surface area (Å²) >= 11 is 6.29. The van der Waals surface area contributed by atoms with Gasteiger partial charge in [0.15, 0.2) is 0 Å². The van der Waals surface area contributed by atoms with Gasteiger partial charge in [-0.25, -0.2) is 12.8 Å². The van der Waals surface area contributed by atoms with Crippen LogP contribution in [-0.2, 0) is 10.0 Å². The number of hydrogen-bond donors (Lipinski definition) is 2. The van der Waals surface area contributed by atoms with Gasteiger partial charge in [0.25, 0.3) is 10.0 Å². The van der Waals surface area contributed by atoms with Crippen molar-refractivity contribution in [1.29, 1.82) is 0 Å². The lowest BCUT2D eigenvalue weighted by Gasteiger charge is -2.12. The number of nitrogens with one attached hydrogen (secondary N) is 1. The van der Waals surface area contributed by atoms with Crippen molar-refractivity contribution < 1.29 is 12.8 Å². The normalized spacial score (nSPS) is 11.4. The highest BCUT2D eigenvalue weighted by Crippen LogP contribution is 2.30. The molecule has 4 nitrogen and oxygen atoms in total. The van der Waals surface area contributed by atoms with E-state index in [2.05, 4.69) is 36.6 Å². The Kier molecular flexibility index (Phi) is 4.60. The van der Waals surface area contributed by atoms with E-state index in [1.54, 1.807) is 12.1 Å². The maximum Gasteiger partial charge on any atom is 0.264 e. The number of hydrogen-bond acceptors (Lipinski definition) is 3. The molecule has 112 valence electrons. The predicted molar refractivity (Wildman–Crippen MR) is 88.2 cm³/mol. The van der Waals surface area contributed by atoms with E-state index in [0.717, 1.165) is 17.7 Å². The molecule has 2 rings (SSSR count). The second-order valence-corrected chi connectivity index (χ2v) is 7.75. The molecule has 0 radical (unpaired) electrons. The minimum atomic E-state index is -4.08. The van der Waals surface area contributed by atoms with Crippen LogP contribution in [0, 0.1) is 12.7 Å². The quantitative estimate of drug-likeness (QED) is 0.711. The summed E-state index contributed by atoms with van der Waals surface area (Å²) in [6, 6.07) is 7.27. The van der Waals surface area contributed by atoms with Gasteiger partial charge in [0.1, 0.15) is 10.7 Å². The summed E-state index contributed by atoms with van der Waals surface area (Å²) in [7, 11) is -4.08. The first-order valence-electron chi connectivity index (χ1n) is 5.74. The summed E-state index contributed by atoms with van der Waals surface area (Å²) < 4.78 is 41.7. The third-order valence-corrected chi connectivity index (χ3v) is 5.47. The largest absolute Gasteiger partial charge is 0.398 e. The van der Waals surface area contributed by atoms with Crippen LogP contribution in [-0.4, -0.2) is 8.42 Å². The number of nitrogen functional groups attached to an aromatic ring is 1. The monoisotopic (exact) mass is 436 g/mol. The first-order chi connectivity index (χ1) is 9.70. The molecule has 0 saturated heterocycles. The molecule has 0 unspecified atom stereocenters. The Balaban J connectivity index is 2.48. The van der Waals surface area contributed by atoms with Crippen LogP contribution in [0.15, 0.2) is 44.2 Å². The molecule has 2 aromatic rings. The second-order valence-electron chi connectivity index (χ2n) is 4.39. The SMILES string of the molecule is Cc1ccc(Br)c(NS(=O)(=O)c2cc(N)c(Br)cc2F)c1. The average Bonchev–Trinajstić information content (AvgIpc) is 2.37. The predicted octanol–water partition coefficient (Wildman–Crippen LogP) is 4.04. The number of aryl methyl sites for hydroxylation is 1. The minimum absolute atomic E-state index is 0.139. The number of anilines is 2. The van der Waals surface area contributed by atoms with Crippen LogP contribution < -0.4 is 10.5 Å². The summed E-state index contributed by atoms with van der Waals surface area (Å²) in [4.78, 5) is -0.503. The van der Waals surface area contributed by atoms with Crippen molar-refractivity contribution in [2.45, 2.75) is 11.8 Å². The van der Waals surface area contributed by atoms with Gasteiger partial charge in [-0.15, -0.1) is 0 Å². The van der Waals surface area contributed by atoms with E-state index in [1.165, 1.54) is 0 Å². The van der Waals surface area contributed by atoms with E-state index in [-0.39, 0.29) is 5.69 Å². The van der Waals surface area contributed by atoms with Crippen LogP contribution >= 0.6 is 31.9 Å². The fraction of sp³-hybridized carbons (Fsp3) is 0.0769. The van der Waals surface area contributed by atoms with E-state index in [9.17, 15) is 12.8 Å². The van der Waals surface area contributed by atoms with Gasteiger partial charge in [-0.2, -0.15) is 0 Å². The highest BCUT2D eigenvalue weighted by Gasteiger charge is 2.21. The van der Waals surface area contributed by atoms with E-state index in [0.29, 0.717) is 14.6 Å². The lowest BCUT2D eigenvalue weighted by Crippen LogP contribution is -2.15. The van der Waals surface area contributed by atoms with Crippen LogP contribution in [0.1, 0.15) is 5.56 Å². The van der Waals surface area contributed by atoms with Crippen LogP contribution in [0.3, 0.4) is 0 Å². The molecule has 8 heteroatoms. The zero-order valence-corrected chi connectivity index (χ0v) is 14.8. The lowest BCUT2D eigenvalue weighted by molar-refractivity contribution is 0.570. The van der Waals surface area contributed by atoms with Crippen molar-refractivity contribution in [3.63, 3.8) is 0 Å². The third-order valence-electron chi connectivity index (χ3n) is 2.71. The van der Waals surface area contributed by atoms with Gasteiger partial charge in [-0.1, -0.05) is 6.07 Å². The van der Waals surface area contributed by atoms with Crippen molar-refractivity contribution in [3.8, 4) is 0 Å². The molecule has 0 aliphatic heterocycles. The summed E-state index contributed by atoms with van der Waals surface area (Å²) in [6.07, 6.45) is 0. The molecule has 0 aliphatic rings. The second kappa shape index (κ2) is 5.94. The Morgan fingerprint density at radius 3 is 2.48 bits per heavy atom. The number of halogens is 3. The molecule has 0 aromatic heterocycles. The van der Waals surface area contributed by atoms with Crippen molar-refractivity contribution >= 4 is 53.3 Å². The number of benzene rings is 2. The Morgan fingerprint density at radius 1 is 1.14 bits per heavy atom. The zero-order chi connectivity index (χ0) is 15.8. The van der Waals surface area contributed by atoms with Gasteiger partial charge in [0.2, 0.25) is 0 Å². The molecule has 2 aromatic carbocycles. The number of nitrogens with two attached hydrogens (primary N) is 1. The summed E-state index contributed by atoms with van der Waals surface area (Å²) in [5.41, 5.74) is 6.95. The zero-order valence-electron chi connectivity index (χ0n) is 10.8. The molecule has 0 fully saturated rings. The average molecular weight is 438 g/mol. The Hall–Kier alpha value is -1.12. The first kappa shape index (κ1) is 16.3. The summed E-state index contributed by atoms with van der Waals surface area (Å²) in [5.74, 6) is -0.882. The van der Waals surface area contributed by atoms with Gasteiger partial charge in [0.05, 0.1) is 5.69 Å². The van der Waals surface area contributed by atoms with E-state index in [1.807, 2.05) is 13.0 Å². The molecule has 3 N–H and O–H groups in total. The smallest absolute Gasteiger partial charge is 0.264 e. The molecular formula is C13H11Br2FN2O2S. The fourth-order valence-electron chi connectivity index (χ4n) is 1.67. The number of rotatable bonds is 3. The first-order valence-corrected chi connectivity index (χ1v) is 8.81. The molecule has 0 saturated carbocycles. The standard InChI is InChI=1S/C13H11Br2FN2O2S/c1-7-2-3-8(14)12(4-7)18-21(19,20)13-6-11(17)9(15)5-10(13)16/h2-6,18H,17H2,1H3. The summed E-state index contributed by atoms with van der Waals surface area (Å²) in [5, 5.41) is 0. The van der Waals surface area contributed by atoms with E-state index < -0.39 is 20.7 Å². The van der Waals surface area contributed by atoms with E-state index in [4.69, 9.17) is 5.73 Å².